The van der Waals surface area contributed by atoms with Crippen molar-refractivity contribution in [3.8, 4) is 0 Å². The van der Waals surface area contributed by atoms with E-state index in [1.807, 2.05) is 0 Å². The number of anilines is 1. The number of hydrogen-bond donors (Lipinski definition) is 1. The van der Waals surface area contributed by atoms with Crippen molar-refractivity contribution in [2.24, 2.45) is 0 Å². The Morgan fingerprint density at radius 3 is 3.10 bits per heavy atom. The molecule has 1 unspecified atom stereocenters. The SMILES string of the molecule is CC1Cc2ccccc2N1.[HH]. The molecule has 0 saturated heterocycles. The summed E-state index contributed by atoms with van der Waals surface area (Å²) in [6.07, 6.45) is 1.18. The molecule has 0 bridgehead atoms. The van der Waals surface area contributed by atoms with E-state index in [0.717, 1.165) is 0 Å². The van der Waals surface area contributed by atoms with Gasteiger partial charge in [0, 0.05) is 13.2 Å². The second-order valence-corrected chi connectivity index (χ2v) is 2.91. The highest BCUT2D eigenvalue weighted by Gasteiger charge is 2.14. The van der Waals surface area contributed by atoms with Crippen LogP contribution in [0, 0.1) is 0 Å². The van der Waals surface area contributed by atoms with E-state index in [1.54, 1.807) is 0 Å². The molecule has 0 fully saturated rings. The molecular weight excluding hydrogens is 122 g/mol. The van der Waals surface area contributed by atoms with E-state index in [4.69, 9.17) is 0 Å². The second-order valence-electron chi connectivity index (χ2n) is 2.91. The Kier molecular flexibility index (Phi) is 1.16. The smallest absolute Gasteiger partial charge is 0.0375 e. The minimum atomic E-state index is 0. The van der Waals surface area contributed by atoms with Crippen molar-refractivity contribution >= 4 is 5.69 Å². The normalized spacial score (nSPS) is 21.9. The molecule has 1 nitrogen and oxygen atoms in total. The molecule has 1 aliphatic rings. The Morgan fingerprint density at radius 1 is 1.50 bits per heavy atom. The van der Waals surface area contributed by atoms with Gasteiger partial charge in [-0.1, -0.05) is 18.2 Å². The van der Waals surface area contributed by atoms with Gasteiger partial charge in [0.05, 0.1) is 0 Å². The largest absolute Gasteiger partial charge is 0.382 e. The first-order valence-electron chi connectivity index (χ1n) is 3.71. The van der Waals surface area contributed by atoms with Crippen LogP contribution >= 0.6 is 0 Å². The van der Waals surface area contributed by atoms with Crippen molar-refractivity contribution in [1.29, 1.82) is 0 Å². The summed E-state index contributed by atoms with van der Waals surface area (Å²) in [5.74, 6) is 0. The number of benzene rings is 1. The molecule has 10 heavy (non-hydrogen) atoms. The predicted molar refractivity (Wildman–Crippen MR) is 45.3 cm³/mol. The minimum Gasteiger partial charge on any atom is -0.382 e. The van der Waals surface area contributed by atoms with Gasteiger partial charge in [0.15, 0.2) is 0 Å². The lowest BCUT2D eigenvalue weighted by Gasteiger charge is -2.00. The molecule has 0 aromatic heterocycles. The van der Waals surface area contributed by atoms with Crippen molar-refractivity contribution in [3.05, 3.63) is 29.8 Å². The summed E-state index contributed by atoms with van der Waals surface area (Å²) in [6, 6.07) is 9.12. The Labute approximate surface area is 62.6 Å². The van der Waals surface area contributed by atoms with Crippen LogP contribution in [-0.2, 0) is 6.42 Å². The molecule has 0 amide bonds. The summed E-state index contributed by atoms with van der Waals surface area (Å²) in [6.45, 7) is 2.21. The molecule has 1 atom stereocenters. The van der Waals surface area contributed by atoms with Gasteiger partial charge in [-0.2, -0.15) is 0 Å². The van der Waals surface area contributed by atoms with Crippen LogP contribution in [0.3, 0.4) is 0 Å². The zero-order valence-electron chi connectivity index (χ0n) is 6.09. The lowest BCUT2D eigenvalue weighted by atomic mass is 10.1. The first-order chi connectivity index (χ1) is 4.86. The Hall–Kier alpha value is -0.980. The highest BCUT2D eigenvalue weighted by molar-refractivity contribution is 5.56. The molecule has 54 valence electrons. The molecule has 0 aliphatic carbocycles. The van der Waals surface area contributed by atoms with Crippen LogP contribution in [0.2, 0.25) is 0 Å². The van der Waals surface area contributed by atoms with Crippen LogP contribution in [-0.4, -0.2) is 6.04 Å². The van der Waals surface area contributed by atoms with Crippen LogP contribution in [0.5, 0.6) is 0 Å². The third-order valence-electron chi connectivity index (χ3n) is 1.95. The van der Waals surface area contributed by atoms with Crippen molar-refractivity contribution < 1.29 is 1.43 Å². The maximum absolute atomic E-state index is 3.40. The van der Waals surface area contributed by atoms with Gasteiger partial charge >= 0.3 is 0 Å². The zero-order valence-corrected chi connectivity index (χ0v) is 6.09. The van der Waals surface area contributed by atoms with Crippen molar-refractivity contribution in [2.45, 2.75) is 19.4 Å². The van der Waals surface area contributed by atoms with Gasteiger partial charge in [-0.25, -0.2) is 0 Å². The summed E-state index contributed by atoms with van der Waals surface area (Å²) in [4.78, 5) is 0. The van der Waals surface area contributed by atoms with E-state index in [-0.39, 0.29) is 1.43 Å². The van der Waals surface area contributed by atoms with E-state index >= 15 is 0 Å². The third-order valence-corrected chi connectivity index (χ3v) is 1.95. The topological polar surface area (TPSA) is 12.0 Å². The Bertz CT molecular complexity index is 222. The fraction of sp³-hybridized carbons (Fsp3) is 0.333. The van der Waals surface area contributed by atoms with Crippen molar-refractivity contribution in [1.82, 2.24) is 0 Å². The van der Waals surface area contributed by atoms with Gasteiger partial charge in [0.2, 0.25) is 0 Å². The fourth-order valence-electron chi connectivity index (χ4n) is 1.49. The highest BCUT2D eigenvalue weighted by Crippen LogP contribution is 2.24. The van der Waals surface area contributed by atoms with E-state index < -0.39 is 0 Å². The van der Waals surface area contributed by atoms with Crippen LogP contribution < -0.4 is 5.32 Å². The quantitative estimate of drug-likeness (QED) is 0.575. The molecule has 1 heteroatoms. The molecule has 0 radical (unpaired) electrons. The van der Waals surface area contributed by atoms with E-state index in [9.17, 15) is 0 Å². The summed E-state index contributed by atoms with van der Waals surface area (Å²) in [5.41, 5.74) is 2.77. The molecule has 0 saturated carbocycles. The number of para-hydroxylation sites is 1. The number of rotatable bonds is 0. The second kappa shape index (κ2) is 2.01. The number of nitrogens with one attached hydrogen (secondary N) is 1. The first-order valence-corrected chi connectivity index (χ1v) is 3.71. The van der Waals surface area contributed by atoms with Gasteiger partial charge in [-0.3, -0.25) is 0 Å². The Balaban J connectivity index is 0.000000605. The van der Waals surface area contributed by atoms with Gasteiger partial charge in [-0.15, -0.1) is 0 Å². The molecule has 2 rings (SSSR count). The van der Waals surface area contributed by atoms with Gasteiger partial charge < -0.3 is 5.32 Å². The monoisotopic (exact) mass is 135 g/mol. The number of fused-ring (bicyclic) bond motifs is 1. The van der Waals surface area contributed by atoms with Crippen LogP contribution in [0.15, 0.2) is 24.3 Å². The van der Waals surface area contributed by atoms with E-state index in [2.05, 4.69) is 36.5 Å². The maximum atomic E-state index is 3.40. The molecule has 1 heterocycles. The van der Waals surface area contributed by atoms with Crippen molar-refractivity contribution in [2.75, 3.05) is 5.32 Å². The molecule has 1 aromatic carbocycles. The zero-order chi connectivity index (χ0) is 6.97. The van der Waals surface area contributed by atoms with Crippen LogP contribution in [0.4, 0.5) is 5.69 Å². The highest BCUT2D eigenvalue weighted by atomic mass is 14.9. The van der Waals surface area contributed by atoms with E-state index in [0.29, 0.717) is 6.04 Å². The summed E-state index contributed by atoms with van der Waals surface area (Å²) in [5, 5.41) is 3.40. The lowest BCUT2D eigenvalue weighted by Crippen LogP contribution is -2.08. The average molecular weight is 135 g/mol. The molecular formula is C9H13N. The Morgan fingerprint density at radius 2 is 2.30 bits per heavy atom. The average Bonchev–Trinajstić information content (AvgIpc) is 2.27. The van der Waals surface area contributed by atoms with E-state index in [1.165, 1.54) is 17.7 Å². The van der Waals surface area contributed by atoms with Crippen LogP contribution in [0.1, 0.15) is 13.9 Å². The third kappa shape index (κ3) is 0.783. The minimum absolute atomic E-state index is 0. The molecule has 1 N–H and O–H groups in total. The molecule has 0 spiro atoms. The van der Waals surface area contributed by atoms with Gasteiger partial charge in [-0.05, 0) is 25.0 Å². The maximum Gasteiger partial charge on any atom is 0.0375 e. The standard InChI is InChI=1S/C9H11N.H2/c1-7-6-8-4-2-3-5-9(8)10-7;/h2-5,7,10H,6H2,1H3;1H. The lowest BCUT2D eigenvalue weighted by molar-refractivity contribution is 0.839. The van der Waals surface area contributed by atoms with Gasteiger partial charge in [0.25, 0.3) is 0 Å². The predicted octanol–water partition coefficient (Wildman–Crippen LogP) is 2.29. The van der Waals surface area contributed by atoms with Crippen LogP contribution in [0.25, 0.3) is 0 Å². The number of hydrogen-bond acceptors (Lipinski definition) is 1. The fourth-order valence-corrected chi connectivity index (χ4v) is 1.49. The summed E-state index contributed by atoms with van der Waals surface area (Å²) in [7, 11) is 0. The summed E-state index contributed by atoms with van der Waals surface area (Å²) < 4.78 is 0. The van der Waals surface area contributed by atoms with Crippen molar-refractivity contribution in [3.63, 3.8) is 0 Å². The molecule has 1 aromatic rings. The summed E-state index contributed by atoms with van der Waals surface area (Å²) >= 11 is 0. The first kappa shape index (κ1) is 5.78. The molecule has 1 aliphatic heterocycles. The van der Waals surface area contributed by atoms with Gasteiger partial charge in [0.1, 0.15) is 0 Å².